The number of hydrogen-bond donors (Lipinski definition) is 2. The van der Waals surface area contributed by atoms with Crippen LogP contribution in [0, 0.1) is 5.92 Å². The Hall–Kier alpha value is -1.30. The number of rotatable bonds is 4. The van der Waals surface area contributed by atoms with Gasteiger partial charge in [0.05, 0.1) is 6.61 Å². The normalized spacial score (nSPS) is 21.9. The Morgan fingerprint density at radius 3 is 2.88 bits per heavy atom. The van der Waals surface area contributed by atoms with Crippen LogP contribution in [0.5, 0.6) is 0 Å². The summed E-state index contributed by atoms with van der Waals surface area (Å²) in [6, 6.07) is -1.16. The second kappa shape index (κ2) is 5.69. The monoisotopic (exact) mass is 230 g/mol. The fourth-order valence-electron chi connectivity index (χ4n) is 1.73. The Morgan fingerprint density at radius 1 is 1.62 bits per heavy atom. The zero-order valence-electron chi connectivity index (χ0n) is 9.60. The first-order valence-electron chi connectivity index (χ1n) is 5.31. The van der Waals surface area contributed by atoms with Gasteiger partial charge in [-0.05, 0) is 13.3 Å². The number of ether oxygens (including phenoxy) is 1. The largest absolute Gasteiger partial charge is 0.480 e. The number of carboxylic acid groups (broad SMARTS) is 1. The van der Waals surface area contributed by atoms with E-state index in [1.54, 1.807) is 12.0 Å². The number of amides is 2. The zero-order valence-corrected chi connectivity index (χ0v) is 9.60. The van der Waals surface area contributed by atoms with Crippen LogP contribution in [0.4, 0.5) is 4.79 Å². The number of methoxy groups -OCH3 is 1. The van der Waals surface area contributed by atoms with Crippen molar-refractivity contribution in [2.24, 2.45) is 5.92 Å². The standard InChI is InChI=1S/C10H18N2O4/c1-7(9(13)14)11-10(15)12-4-3-8(5-12)6-16-2/h7-8H,3-6H2,1-2H3,(H,11,15)(H,13,14). The molecule has 0 aromatic rings. The van der Waals surface area contributed by atoms with Crippen LogP contribution in [-0.2, 0) is 9.53 Å². The van der Waals surface area contributed by atoms with Gasteiger partial charge < -0.3 is 20.1 Å². The number of urea groups is 1. The van der Waals surface area contributed by atoms with Crippen molar-refractivity contribution in [3.63, 3.8) is 0 Å². The molecule has 1 aliphatic rings. The highest BCUT2D eigenvalue weighted by Crippen LogP contribution is 2.16. The van der Waals surface area contributed by atoms with Crippen LogP contribution >= 0.6 is 0 Å². The predicted molar refractivity (Wildman–Crippen MR) is 57.2 cm³/mol. The lowest BCUT2D eigenvalue weighted by atomic mass is 10.1. The van der Waals surface area contributed by atoms with Crippen molar-refractivity contribution >= 4 is 12.0 Å². The second-order valence-electron chi connectivity index (χ2n) is 4.07. The van der Waals surface area contributed by atoms with Crippen molar-refractivity contribution < 1.29 is 19.4 Å². The molecule has 0 bridgehead atoms. The lowest BCUT2D eigenvalue weighted by molar-refractivity contribution is -0.138. The summed E-state index contributed by atoms with van der Waals surface area (Å²) in [5.74, 6) is -0.670. The van der Waals surface area contributed by atoms with E-state index in [1.165, 1.54) is 6.92 Å². The lowest BCUT2D eigenvalue weighted by Crippen LogP contribution is -2.45. The molecule has 0 aromatic heterocycles. The zero-order chi connectivity index (χ0) is 12.1. The van der Waals surface area contributed by atoms with Gasteiger partial charge in [0.1, 0.15) is 6.04 Å². The SMILES string of the molecule is COCC1CCN(C(=O)NC(C)C(=O)O)C1. The molecule has 6 heteroatoms. The van der Waals surface area contributed by atoms with Crippen LogP contribution in [0.1, 0.15) is 13.3 Å². The van der Waals surface area contributed by atoms with Gasteiger partial charge in [-0.25, -0.2) is 4.79 Å². The summed E-state index contributed by atoms with van der Waals surface area (Å²) in [5, 5.41) is 11.1. The topological polar surface area (TPSA) is 78.9 Å². The number of carboxylic acids is 1. The van der Waals surface area contributed by atoms with Crippen LogP contribution in [-0.4, -0.2) is 54.9 Å². The third-order valence-corrected chi connectivity index (χ3v) is 2.69. The van der Waals surface area contributed by atoms with Crippen LogP contribution in [0.2, 0.25) is 0 Å². The summed E-state index contributed by atoms with van der Waals surface area (Å²) in [6.45, 7) is 3.37. The summed E-state index contributed by atoms with van der Waals surface area (Å²) in [4.78, 5) is 23.8. The highest BCUT2D eigenvalue weighted by atomic mass is 16.5. The van der Waals surface area contributed by atoms with E-state index in [9.17, 15) is 9.59 Å². The summed E-state index contributed by atoms with van der Waals surface area (Å²) in [5.41, 5.74) is 0. The first kappa shape index (κ1) is 12.8. The third-order valence-electron chi connectivity index (χ3n) is 2.69. The van der Waals surface area contributed by atoms with Gasteiger partial charge in [0.15, 0.2) is 0 Å². The predicted octanol–water partition coefficient (Wildman–Crippen LogP) is 0.137. The Balaban J connectivity index is 2.36. The van der Waals surface area contributed by atoms with Gasteiger partial charge in [0, 0.05) is 26.1 Å². The van der Waals surface area contributed by atoms with Gasteiger partial charge in [-0.15, -0.1) is 0 Å². The van der Waals surface area contributed by atoms with Gasteiger partial charge >= 0.3 is 12.0 Å². The number of nitrogens with one attached hydrogen (secondary N) is 1. The highest BCUT2D eigenvalue weighted by Gasteiger charge is 2.27. The molecular weight excluding hydrogens is 212 g/mol. The molecule has 0 aromatic carbocycles. The molecule has 2 N–H and O–H groups in total. The van der Waals surface area contributed by atoms with E-state index >= 15 is 0 Å². The van der Waals surface area contributed by atoms with Crippen molar-refractivity contribution in [1.29, 1.82) is 0 Å². The maximum atomic E-state index is 11.6. The van der Waals surface area contributed by atoms with E-state index in [2.05, 4.69) is 5.32 Å². The summed E-state index contributed by atoms with van der Waals surface area (Å²) in [7, 11) is 1.63. The molecule has 16 heavy (non-hydrogen) atoms. The van der Waals surface area contributed by atoms with Gasteiger partial charge in [-0.3, -0.25) is 4.79 Å². The van der Waals surface area contributed by atoms with Gasteiger partial charge in [-0.2, -0.15) is 0 Å². The highest BCUT2D eigenvalue weighted by molar-refractivity contribution is 5.82. The van der Waals surface area contributed by atoms with Crippen molar-refractivity contribution in [2.45, 2.75) is 19.4 Å². The molecule has 2 amide bonds. The van der Waals surface area contributed by atoms with Crippen LogP contribution < -0.4 is 5.32 Å². The summed E-state index contributed by atoms with van der Waals surface area (Å²) >= 11 is 0. The van der Waals surface area contributed by atoms with E-state index in [0.29, 0.717) is 25.6 Å². The van der Waals surface area contributed by atoms with Crippen LogP contribution in [0.25, 0.3) is 0 Å². The average Bonchev–Trinajstić information content (AvgIpc) is 2.66. The average molecular weight is 230 g/mol. The quantitative estimate of drug-likeness (QED) is 0.720. The van der Waals surface area contributed by atoms with Crippen LogP contribution in [0.15, 0.2) is 0 Å². The Bertz CT molecular complexity index is 270. The molecule has 2 atom stereocenters. The molecule has 2 unspecified atom stereocenters. The molecule has 1 heterocycles. The van der Waals surface area contributed by atoms with Crippen molar-refractivity contribution in [3.05, 3.63) is 0 Å². The summed E-state index contributed by atoms with van der Waals surface area (Å²) in [6.07, 6.45) is 0.905. The fourth-order valence-corrected chi connectivity index (χ4v) is 1.73. The third kappa shape index (κ3) is 3.37. The number of nitrogens with zero attached hydrogens (tertiary/aromatic N) is 1. The minimum absolute atomic E-state index is 0.312. The van der Waals surface area contributed by atoms with Crippen molar-refractivity contribution in [3.8, 4) is 0 Å². The van der Waals surface area contributed by atoms with Gasteiger partial charge in [0.25, 0.3) is 0 Å². The first-order valence-corrected chi connectivity index (χ1v) is 5.31. The number of carbonyl (C=O) groups excluding carboxylic acids is 1. The second-order valence-corrected chi connectivity index (χ2v) is 4.07. The molecule has 1 fully saturated rings. The van der Waals surface area contributed by atoms with E-state index in [-0.39, 0.29) is 6.03 Å². The number of likely N-dealkylation sites (tertiary alicyclic amines) is 1. The van der Waals surface area contributed by atoms with E-state index in [0.717, 1.165) is 6.42 Å². The van der Waals surface area contributed by atoms with Crippen molar-refractivity contribution in [1.82, 2.24) is 10.2 Å². The first-order chi connectivity index (χ1) is 7.54. The molecular formula is C10H18N2O4. The van der Waals surface area contributed by atoms with Gasteiger partial charge in [-0.1, -0.05) is 0 Å². The molecule has 0 saturated carbocycles. The minimum Gasteiger partial charge on any atom is -0.480 e. The molecule has 1 aliphatic heterocycles. The molecule has 6 nitrogen and oxygen atoms in total. The molecule has 0 aliphatic carbocycles. The summed E-state index contributed by atoms with van der Waals surface area (Å²) < 4.78 is 5.02. The van der Waals surface area contributed by atoms with E-state index in [1.807, 2.05) is 0 Å². The van der Waals surface area contributed by atoms with E-state index < -0.39 is 12.0 Å². The smallest absolute Gasteiger partial charge is 0.325 e. The van der Waals surface area contributed by atoms with Gasteiger partial charge in [0.2, 0.25) is 0 Å². The molecule has 92 valence electrons. The van der Waals surface area contributed by atoms with E-state index in [4.69, 9.17) is 9.84 Å². The van der Waals surface area contributed by atoms with Crippen LogP contribution in [0.3, 0.4) is 0 Å². The molecule has 0 spiro atoms. The fraction of sp³-hybridized carbons (Fsp3) is 0.800. The Kier molecular flexibility index (Phi) is 4.54. The molecule has 0 radical (unpaired) electrons. The maximum Gasteiger partial charge on any atom is 0.325 e. The number of aliphatic carboxylic acids is 1. The number of hydrogen-bond acceptors (Lipinski definition) is 3. The Labute approximate surface area is 94.6 Å². The molecule has 1 rings (SSSR count). The van der Waals surface area contributed by atoms with Crippen molar-refractivity contribution in [2.75, 3.05) is 26.8 Å². The number of carbonyl (C=O) groups is 2. The Morgan fingerprint density at radius 2 is 2.31 bits per heavy atom. The maximum absolute atomic E-state index is 11.6. The lowest BCUT2D eigenvalue weighted by Gasteiger charge is -2.19. The minimum atomic E-state index is -1.03. The molecule has 1 saturated heterocycles.